The molecule has 0 saturated carbocycles. The molecule has 0 aromatic heterocycles. The van der Waals surface area contributed by atoms with Crippen molar-refractivity contribution in [2.75, 3.05) is 0 Å². The van der Waals surface area contributed by atoms with E-state index in [9.17, 15) is 14.4 Å². The zero-order valence-corrected chi connectivity index (χ0v) is 15.1. The van der Waals surface area contributed by atoms with Crippen molar-refractivity contribution >= 4 is 33.8 Å². The van der Waals surface area contributed by atoms with Crippen molar-refractivity contribution in [3.63, 3.8) is 0 Å². The molecule has 1 aliphatic rings. The number of barbiturate groups is 1. The molecule has 4 amide bonds. The average molecular weight is 340 g/mol. The Morgan fingerprint density at radius 3 is 2.16 bits per heavy atom. The van der Waals surface area contributed by atoms with E-state index in [1.165, 1.54) is 0 Å². The molecule has 0 aliphatic carbocycles. The first-order valence-electron chi connectivity index (χ1n) is 5.84. The van der Waals surface area contributed by atoms with E-state index < -0.39 is 23.3 Å². The number of carbonyl (C=O) groups is 3. The Hall–Kier alpha value is -0.170. The molecule has 100 valence electrons. The van der Waals surface area contributed by atoms with Crippen LogP contribution in [0.5, 0.6) is 0 Å². The first kappa shape index (κ1) is 18.8. The van der Waals surface area contributed by atoms with Gasteiger partial charge in [-0.1, -0.05) is 42.8 Å². The minimum Gasteiger partial charge on any atom is -0.277 e. The van der Waals surface area contributed by atoms with Crippen LogP contribution in [0.2, 0.25) is 0 Å². The van der Waals surface area contributed by atoms with Gasteiger partial charge in [-0.15, -0.1) is 0 Å². The molecule has 1 rings (SSSR count). The monoisotopic (exact) mass is 339 g/mol. The van der Waals surface area contributed by atoms with Crippen molar-refractivity contribution in [2.24, 2.45) is 11.3 Å². The topological polar surface area (TPSA) is 75.3 Å². The molecule has 1 saturated heterocycles. The minimum absolute atomic E-state index is 0. The van der Waals surface area contributed by atoms with Gasteiger partial charge in [0.15, 0.2) is 0 Å². The van der Waals surface area contributed by atoms with Crippen molar-refractivity contribution in [3.8, 4) is 0 Å². The normalized spacial score (nSPS) is 19.0. The maximum atomic E-state index is 12.1. The quantitative estimate of drug-likeness (QED) is 0.502. The second-order valence-corrected chi connectivity index (χ2v) is 5.71. The number of amides is 4. The number of nitrogens with one attached hydrogen (secondary N) is 2. The number of urea groups is 1. The third-order valence-corrected chi connectivity index (χ3v) is 3.58. The van der Waals surface area contributed by atoms with Crippen LogP contribution in [-0.2, 0) is 9.59 Å². The summed E-state index contributed by atoms with van der Waals surface area (Å²) >= 11 is 3.20. The fraction of sp³-hybridized carbons (Fsp3) is 0.583. The van der Waals surface area contributed by atoms with Gasteiger partial charge in [-0.3, -0.25) is 20.2 Å². The first-order valence-corrected chi connectivity index (χ1v) is 6.64. The summed E-state index contributed by atoms with van der Waals surface area (Å²) in [5.41, 5.74) is -1.26. The standard InChI is InChI=1S/C12H17BrN2O3.Na/c1-4-5-7(2)12(6-8(3)13)9(16)14-11(18)15-10(12)17;/h7H,3-6H2,1-2H3,(H2,14,15,16,17,18);/q;+1. The van der Waals surface area contributed by atoms with E-state index in [2.05, 4.69) is 33.1 Å². The second-order valence-electron chi connectivity index (χ2n) is 4.59. The molecule has 1 fully saturated rings. The predicted octanol–water partition coefficient (Wildman–Crippen LogP) is -0.922. The summed E-state index contributed by atoms with van der Waals surface area (Å²) in [5, 5.41) is 4.35. The van der Waals surface area contributed by atoms with E-state index >= 15 is 0 Å². The van der Waals surface area contributed by atoms with E-state index in [4.69, 9.17) is 0 Å². The van der Waals surface area contributed by atoms with E-state index in [1.807, 2.05) is 13.8 Å². The Morgan fingerprint density at radius 1 is 1.32 bits per heavy atom. The molecule has 1 heterocycles. The summed E-state index contributed by atoms with van der Waals surface area (Å²) in [6.07, 6.45) is 1.75. The summed E-state index contributed by atoms with van der Waals surface area (Å²) in [5.74, 6) is -1.26. The van der Waals surface area contributed by atoms with Crippen LogP contribution in [-0.4, -0.2) is 17.8 Å². The number of halogens is 1. The van der Waals surface area contributed by atoms with Crippen LogP contribution < -0.4 is 40.2 Å². The van der Waals surface area contributed by atoms with E-state index in [-0.39, 0.29) is 41.9 Å². The molecule has 0 spiro atoms. The van der Waals surface area contributed by atoms with Crippen LogP contribution in [0.1, 0.15) is 33.1 Å². The number of hydrogen-bond acceptors (Lipinski definition) is 3. The van der Waals surface area contributed by atoms with Crippen LogP contribution >= 0.6 is 15.9 Å². The van der Waals surface area contributed by atoms with Gasteiger partial charge < -0.3 is 0 Å². The van der Waals surface area contributed by atoms with Gasteiger partial charge in [0.1, 0.15) is 5.41 Å². The van der Waals surface area contributed by atoms with Gasteiger partial charge in [-0.25, -0.2) is 4.79 Å². The number of carbonyl (C=O) groups excluding carboxylic acids is 3. The van der Waals surface area contributed by atoms with Crippen LogP contribution in [0, 0.1) is 11.3 Å². The van der Waals surface area contributed by atoms with E-state index in [1.54, 1.807) is 0 Å². The van der Waals surface area contributed by atoms with Gasteiger partial charge >= 0.3 is 35.6 Å². The van der Waals surface area contributed by atoms with Crippen molar-refractivity contribution < 1.29 is 43.9 Å². The van der Waals surface area contributed by atoms with Gasteiger partial charge in [-0.05, 0) is 16.8 Å². The molecule has 1 unspecified atom stereocenters. The molecular formula is C12H17BrN2NaO3+. The van der Waals surface area contributed by atoms with Crippen LogP contribution in [0.15, 0.2) is 11.1 Å². The van der Waals surface area contributed by atoms with E-state index in [0.29, 0.717) is 4.48 Å². The van der Waals surface area contributed by atoms with E-state index in [0.717, 1.165) is 12.8 Å². The first-order chi connectivity index (χ1) is 8.34. The molecule has 1 aliphatic heterocycles. The molecule has 2 N–H and O–H groups in total. The fourth-order valence-corrected chi connectivity index (χ4v) is 2.77. The minimum atomic E-state index is -1.26. The summed E-state index contributed by atoms with van der Waals surface area (Å²) < 4.78 is 0.560. The van der Waals surface area contributed by atoms with Crippen molar-refractivity contribution in [2.45, 2.75) is 33.1 Å². The summed E-state index contributed by atoms with van der Waals surface area (Å²) in [4.78, 5) is 35.4. The van der Waals surface area contributed by atoms with Gasteiger partial charge in [0.2, 0.25) is 11.8 Å². The van der Waals surface area contributed by atoms with Crippen molar-refractivity contribution in [1.29, 1.82) is 0 Å². The molecule has 7 heteroatoms. The largest absolute Gasteiger partial charge is 1.00 e. The van der Waals surface area contributed by atoms with Gasteiger partial charge in [0.05, 0.1) is 0 Å². The molecule has 0 radical (unpaired) electrons. The molecule has 19 heavy (non-hydrogen) atoms. The Bertz CT molecular complexity index is 392. The second kappa shape index (κ2) is 7.57. The molecule has 1 atom stereocenters. The van der Waals surface area contributed by atoms with Crippen LogP contribution in [0.3, 0.4) is 0 Å². The Morgan fingerprint density at radius 2 is 1.79 bits per heavy atom. The molecular weight excluding hydrogens is 323 g/mol. The third-order valence-electron chi connectivity index (χ3n) is 3.30. The maximum Gasteiger partial charge on any atom is 1.00 e. The Labute approximate surface area is 143 Å². The molecule has 5 nitrogen and oxygen atoms in total. The molecule has 0 bridgehead atoms. The summed E-state index contributed by atoms with van der Waals surface area (Å²) in [6.45, 7) is 7.52. The number of hydrogen-bond donors (Lipinski definition) is 2. The zero-order valence-electron chi connectivity index (χ0n) is 11.5. The number of imide groups is 2. The zero-order chi connectivity index (χ0) is 13.9. The summed E-state index contributed by atoms with van der Waals surface area (Å²) in [6, 6.07) is -0.760. The molecule has 0 aromatic rings. The SMILES string of the molecule is C=C(Br)CC1(C(C)CCC)C(=O)NC(=O)NC1=O.[Na+]. The Kier molecular flexibility index (Phi) is 7.50. The van der Waals surface area contributed by atoms with Crippen LogP contribution in [0.4, 0.5) is 4.79 Å². The smallest absolute Gasteiger partial charge is 0.277 e. The predicted molar refractivity (Wildman–Crippen MR) is 70.9 cm³/mol. The Balaban J connectivity index is 0.00000324. The van der Waals surface area contributed by atoms with Crippen molar-refractivity contribution in [1.82, 2.24) is 10.6 Å². The fourth-order valence-electron chi connectivity index (χ4n) is 2.33. The van der Waals surface area contributed by atoms with Gasteiger partial charge in [0.25, 0.3) is 0 Å². The van der Waals surface area contributed by atoms with Crippen LogP contribution in [0.25, 0.3) is 0 Å². The van der Waals surface area contributed by atoms with Crippen molar-refractivity contribution in [3.05, 3.63) is 11.1 Å². The maximum absolute atomic E-state index is 12.1. The van der Waals surface area contributed by atoms with Gasteiger partial charge in [-0.2, -0.15) is 0 Å². The summed E-state index contributed by atoms with van der Waals surface area (Å²) in [7, 11) is 0. The third kappa shape index (κ3) is 3.90. The average Bonchev–Trinajstić information content (AvgIpc) is 2.23. The number of rotatable bonds is 5. The molecule has 0 aromatic carbocycles. The number of allylic oxidation sites excluding steroid dienone is 1. The van der Waals surface area contributed by atoms with Gasteiger partial charge in [0, 0.05) is 6.42 Å².